The maximum atomic E-state index is 11.6. The first kappa shape index (κ1) is 13.1. The second kappa shape index (κ2) is 6.00. The van der Waals surface area contributed by atoms with E-state index < -0.39 is 0 Å². The highest BCUT2D eigenvalue weighted by Gasteiger charge is 2.22. The SMILES string of the molecule is CC(C)NCc1nccn1CCC(=O)NC1CC1. The summed E-state index contributed by atoms with van der Waals surface area (Å²) in [6, 6.07) is 0.885. The summed E-state index contributed by atoms with van der Waals surface area (Å²) in [5.41, 5.74) is 0. The van der Waals surface area contributed by atoms with Crippen molar-refractivity contribution in [1.29, 1.82) is 0 Å². The molecule has 1 saturated carbocycles. The van der Waals surface area contributed by atoms with Crippen LogP contribution in [-0.2, 0) is 17.9 Å². The van der Waals surface area contributed by atoms with Crippen LogP contribution in [0, 0.1) is 0 Å². The molecule has 0 aromatic carbocycles. The van der Waals surface area contributed by atoms with Gasteiger partial charge in [-0.25, -0.2) is 4.98 Å². The molecular formula is C13H22N4O. The quantitative estimate of drug-likeness (QED) is 0.760. The van der Waals surface area contributed by atoms with Crippen molar-refractivity contribution in [3.05, 3.63) is 18.2 Å². The van der Waals surface area contributed by atoms with Gasteiger partial charge in [-0.15, -0.1) is 0 Å². The smallest absolute Gasteiger partial charge is 0.222 e. The lowest BCUT2D eigenvalue weighted by molar-refractivity contribution is -0.121. The summed E-state index contributed by atoms with van der Waals surface area (Å²) >= 11 is 0. The minimum atomic E-state index is 0.147. The van der Waals surface area contributed by atoms with Crippen LogP contribution in [0.25, 0.3) is 0 Å². The highest BCUT2D eigenvalue weighted by Crippen LogP contribution is 2.18. The minimum Gasteiger partial charge on any atom is -0.353 e. The molecule has 1 fully saturated rings. The van der Waals surface area contributed by atoms with Crippen LogP contribution in [0.4, 0.5) is 0 Å². The van der Waals surface area contributed by atoms with E-state index in [9.17, 15) is 4.79 Å². The fourth-order valence-electron chi connectivity index (χ4n) is 1.76. The normalized spacial score (nSPS) is 15.1. The van der Waals surface area contributed by atoms with Gasteiger partial charge in [0.1, 0.15) is 5.82 Å². The van der Waals surface area contributed by atoms with Crippen LogP contribution in [0.1, 0.15) is 38.9 Å². The second-order valence-corrected chi connectivity index (χ2v) is 5.16. The zero-order valence-corrected chi connectivity index (χ0v) is 11.1. The fourth-order valence-corrected chi connectivity index (χ4v) is 1.76. The molecule has 18 heavy (non-hydrogen) atoms. The summed E-state index contributed by atoms with van der Waals surface area (Å²) < 4.78 is 2.04. The number of carbonyl (C=O) groups is 1. The van der Waals surface area contributed by atoms with E-state index in [2.05, 4.69) is 29.5 Å². The van der Waals surface area contributed by atoms with Crippen molar-refractivity contribution in [2.45, 2.75) is 58.3 Å². The van der Waals surface area contributed by atoms with E-state index >= 15 is 0 Å². The maximum Gasteiger partial charge on any atom is 0.222 e. The van der Waals surface area contributed by atoms with Crippen LogP contribution in [0.15, 0.2) is 12.4 Å². The van der Waals surface area contributed by atoms with Crippen molar-refractivity contribution >= 4 is 5.91 Å². The maximum absolute atomic E-state index is 11.6. The Morgan fingerprint density at radius 3 is 3.00 bits per heavy atom. The molecule has 5 nitrogen and oxygen atoms in total. The Bertz CT molecular complexity index is 395. The largest absolute Gasteiger partial charge is 0.353 e. The van der Waals surface area contributed by atoms with Gasteiger partial charge in [-0.05, 0) is 12.8 Å². The molecule has 1 amide bonds. The van der Waals surface area contributed by atoms with Crippen LogP contribution < -0.4 is 10.6 Å². The summed E-state index contributed by atoms with van der Waals surface area (Å²) in [5.74, 6) is 1.14. The molecule has 100 valence electrons. The van der Waals surface area contributed by atoms with E-state index in [1.54, 1.807) is 6.20 Å². The average molecular weight is 250 g/mol. The Morgan fingerprint density at radius 1 is 1.56 bits per heavy atom. The third-order valence-electron chi connectivity index (χ3n) is 2.99. The first-order chi connectivity index (χ1) is 8.65. The van der Waals surface area contributed by atoms with Gasteiger partial charge in [-0.1, -0.05) is 13.8 Å². The number of rotatable bonds is 7. The minimum absolute atomic E-state index is 0.147. The Balaban J connectivity index is 1.77. The Labute approximate surface area is 108 Å². The molecular weight excluding hydrogens is 228 g/mol. The molecule has 0 unspecified atom stereocenters. The summed E-state index contributed by atoms with van der Waals surface area (Å²) in [6.07, 6.45) is 6.53. The number of aromatic nitrogens is 2. The molecule has 0 saturated heterocycles. The van der Waals surface area contributed by atoms with E-state index in [0.29, 0.717) is 25.0 Å². The monoisotopic (exact) mass is 250 g/mol. The lowest BCUT2D eigenvalue weighted by Gasteiger charge is -2.10. The van der Waals surface area contributed by atoms with Crippen molar-refractivity contribution in [3.8, 4) is 0 Å². The number of amides is 1. The molecule has 1 aliphatic rings. The molecule has 2 rings (SSSR count). The molecule has 2 N–H and O–H groups in total. The summed E-state index contributed by atoms with van der Waals surface area (Å²) in [6.45, 7) is 5.66. The highest BCUT2D eigenvalue weighted by atomic mass is 16.1. The zero-order valence-electron chi connectivity index (χ0n) is 11.1. The van der Waals surface area contributed by atoms with Gasteiger partial charge in [-0.2, -0.15) is 0 Å². The van der Waals surface area contributed by atoms with Gasteiger partial charge in [0, 0.05) is 37.4 Å². The second-order valence-electron chi connectivity index (χ2n) is 5.16. The molecule has 0 atom stereocenters. The Hall–Kier alpha value is -1.36. The van der Waals surface area contributed by atoms with E-state index in [1.807, 2.05) is 10.8 Å². The molecule has 1 aliphatic carbocycles. The van der Waals surface area contributed by atoms with Crippen molar-refractivity contribution in [3.63, 3.8) is 0 Å². The van der Waals surface area contributed by atoms with E-state index in [4.69, 9.17) is 0 Å². The van der Waals surface area contributed by atoms with Gasteiger partial charge in [0.2, 0.25) is 5.91 Å². The van der Waals surface area contributed by atoms with Gasteiger partial charge >= 0.3 is 0 Å². The van der Waals surface area contributed by atoms with Gasteiger partial charge in [0.25, 0.3) is 0 Å². The zero-order chi connectivity index (χ0) is 13.0. The first-order valence-electron chi connectivity index (χ1n) is 6.68. The van der Waals surface area contributed by atoms with Crippen LogP contribution in [0.5, 0.6) is 0 Å². The number of carbonyl (C=O) groups excluding carboxylic acids is 1. The van der Waals surface area contributed by atoms with E-state index in [0.717, 1.165) is 25.2 Å². The predicted octanol–water partition coefficient (Wildman–Crippen LogP) is 1.05. The number of aryl methyl sites for hydroxylation is 1. The standard InChI is InChI=1S/C13H22N4O/c1-10(2)15-9-12-14-6-8-17(12)7-5-13(18)16-11-3-4-11/h6,8,10-11,15H,3-5,7,9H2,1-2H3,(H,16,18). The number of hydrogen-bond acceptors (Lipinski definition) is 3. The summed E-state index contributed by atoms with van der Waals surface area (Å²) in [7, 11) is 0. The van der Waals surface area contributed by atoms with Crippen molar-refractivity contribution < 1.29 is 4.79 Å². The molecule has 1 aromatic rings. The van der Waals surface area contributed by atoms with Crippen molar-refractivity contribution in [2.24, 2.45) is 0 Å². The number of nitrogens with one attached hydrogen (secondary N) is 2. The van der Waals surface area contributed by atoms with Crippen LogP contribution in [0.2, 0.25) is 0 Å². The molecule has 0 bridgehead atoms. The van der Waals surface area contributed by atoms with E-state index in [1.165, 1.54) is 0 Å². The lowest BCUT2D eigenvalue weighted by atomic mass is 10.3. The molecule has 0 aliphatic heterocycles. The van der Waals surface area contributed by atoms with Gasteiger partial charge in [-0.3, -0.25) is 4.79 Å². The lowest BCUT2D eigenvalue weighted by Crippen LogP contribution is -2.27. The highest BCUT2D eigenvalue weighted by molar-refractivity contribution is 5.76. The molecule has 1 heterocycles. The molecule has 0 radical (unpaired) electrons. The van der Waals surface area contributed by atoms with E-state index in [-0.39, 0.29) is 5.91 Å². The van der Waals surface area contributed by atoms with Gasteiger partial charge < -0.3 is 15.2 Å². The fraction of sp³-hybridized carbons (Fsp3) is 0.692. The number of imidazole rings is 1. The van der Waals surface area contributed by atoms with Gasteiger partial charge in [0.15, 0.2) is 0 Å². The number of nitrogens with zero attached hydrogens (tertiary/aromatic N) is 2. The topological polar surface area (TPSA) is 59.0 Å². The Kier molecular flexibility index (Phi) is 4.36. The van der Waals surface area contributed by atoms with Crippen LogP contribution in [-0.4, -0.2) is 27.5 Å². The first-order valence-corrected chi connectivity index (χ1v) is 6.68. The average Bonchev–Trinajstić information content (AvgIpc) is 3.01. The summed E-state index contributed by atoms with van der Waals surface area (Å²) in [4.78, 5) is 15.9. The van der Waals surface area contributed by atoms with Crippen LogP contribution in [0.3, 0.4) is 0 Å². The van der Waals surface area contributed by atoms with Crippen molar-refractivity contribution in [1.82, 2.24) is 20.2 Å². The predicted molar refractivity (Wildman–Crippen MR) is 70.0 cm³/mol. The third-order valence-corrected chi connectivity index (χ3v) is 2.99. The Morgan fingerprint density at radius 2 is 2.33 bits per heavy atom. The van der Waals surface area contributed by atoms with Crippen molar-refractivity contribution in [2.75, 3.05) is 0 Å². The van der Waals surface area contributed by atoms with Crippen LogP contribution >= 0.6 is 0 Å². The third kappa shape index (κ3) is 4.14. The summed E-state index contributed by atoms with van der Waals surface area (Å²) in [5, 5.41) is 6.33. The van der Waals surface area contributed by atoms with Gasteiger partial charge in [0.05, 0.1) is 6.54 Å². The molecule has 5 heteroatoms. The number of hydrogen-bond donors (Lipinski definition) is 2. The molecule has 1 aromatic heterocycles. The molecule has 0 spiro atoms.